The Morgan fingerprint density at radius 3 is 2.32 bits per heavy atom. The van der Waals surface area contributed by atoms with Crippen LogP contribution in [0.1, 0.15) is 11.4 Å². The number of nitrogens with zero attached hydrogens (tertiary/aromatic N) is 2. The molecular formula is C22H13Cl2IN2O. The van der Waals surface area contributed by atoms with Crippen molar-refractivity contribution < 1.29 is 0 Å². The Kier molecular flexibility index (Phi) is 5.53. The Morgan fingerprint density at radius 2 is 1.61 bits per heavy atom. The minimum atomic E-state index is -0.216. The summed E-state index contributed by atoms with van der Waals surface area (Å²) in [6.45, 7) is 0. The number of rotatable bonds is 3. The SMILES string of the molecule is O=c1c2cc(I)ccc2nc(/C=C/c2ccccc2)n1-c1c(Cl)cccc1Cl. The molecule has 28 heavy (non-hydrogen) atoms. The van der Waals surface area contributed by atoms with Crippen LogP contribution >= 0.6 is 45.8 Å². The molecule has 0 aliphatic heterocycles. The van der Waals surface area contributed by atoms with Gasteiger partial charge >= 0.3 is 0 Å². The topological polar surface area (TPSA) is 34.9 Å². The van der Waals surface area contributed by atoms with Gasteiger partial charge in [-0.1, -0.05) is 65.7 Å². The van der Waals surface area contributed by atoms with Crippen molar-refractivity contribution in [1.29, 1.82) is 0 Å². The summed E-state index contributed by atoms with van der Waals surface area (Å²) in [6.07, 6.45) is 3.70. The Morgan fingerprint density at radius 1 is 0.893 bits per heavy atom. The lowest BCUT2D eigenvalue weighted by Gasteiger charge is -2.14. The van der Waals surface area contributed by atoms with Crippen LogP contribution in [-0.4, -0.2) is 9.55 Å². The number of para-hydroxylation sites is 1. The number of benzene rings is 3. The average Bonchev–Trinajstić information content (AvgIpc) is 2.69. The molecule has 138 valence electrons. The largest absolute Gasteiger partial charge is 0.268 e. The Labute approximate surface area is 185 Å². The molecule has 3 nitrogen and oxygen atoms in total. The molecule has 0 aliphatic carbocycles. The van der Waals surface area contributed by atoms with E-state index in [0.29, 0.717) is 32.5 Å². The lowest BCUT2D eigenvalue weighted by molar-refractivity contribution is 0.944. The first-order valence-electron chi connectivity index (χ1n) is 8.44. The highest BCUT2D eigenvalue weighted by Crippen LogP contribution is 2.29. The maximum absolute atomic E-state index is 13.4. The summed E-state index contributed by atoms with van der Waals surface area (Å²) in [5.41, 5.74) is 1.83. The predicted octanol–water partition coefficient (Wildman–Crippen LogP) is 6.47. The third kappa shape index (κ3) is 3.72. The Hall–Kier alpha value is -2.15. The van der Waals surface area contributed by atoms with E-state index in [1.165, 1.54) is 4.57 Å². The molecule has 0 amide bonds. The van der Waals surface area contributed by atoms with Gasteiger partial charge in [0.15, 0.2) is 0 Å². The van der Waals surface area contributed by atoms with Gasteiger partial charge in [-0.3, -0.25) is 9.36 Å². The molecule has 4 aromatic rings. The van der Waals surface area contributed by atoms with Crippen molar-refractivity contribution in [2.24, 2.45) is 0 Å². The molecule has 1 heterocycles. The second-order valence-electron chi connectivity index (χ2n) is 6.09. The zero-order valence-electron chi connectivity index (χ0n) is 14.4. The van der Waals surface area contributed by atoms with Gasteiger partial charge in [-0.2, -0.15) is 0 Å². The van der Waals surface area contributed by atoms with Gasteiger partial charge in [0.1, 0.15) is 5.82 Å². The molecule has 0 fully saturated rings. The Bertz CT molecular complexity index is 1250. The summed E-state index contributed by atoms with van der Waals surface area (Å²) in [5, 5.41) is 1.28. The fourth-order valence-electron chi connectivity index (χ4n) is 2.94. The minimum absolute atomic E-state index is 0.216. The molecule has 0 bridgehead atoms. The summed E-state index contributed by atoms with van der Waals surface area (Å²) < 4.78 is 2.43. The fourth-order valence-corrected chi connectivity index (χ4v) is 4.00. The summed E-state index contributed by atoms with van der Waals surface area (Å²) in [5.74, 6) is 0.456. The van der Waals surface area contributed by atoms with Gasteiger partial charge in [-0.15, -0.1) is 0 Å². The van der Waals surface area contributed by atoms with E-state index in [-0.39, 0.29) is 5.56 Å². The molecule has 0 radical (unpaired) electrons. The summed E-state index contributed by atoms with van der Waals surface area (Å²) in [4.78, 5) is 18.1. The quantitative estimate of drug-likeness (QED) is 0.291. The summed E-state index contributed by atoms with van der Waals surface area (Å²) in [6, 6.07) is 20.6. The highest BCUT2D eigenvalue weighted by molar-refractivity contribution is 14.1. The van der Waals surface area contributed by atoms with Gasteiger partial charge in [0.25, 0.3) is 5.56 Å². The maximum atomic E-state index is 13.4. The number of hydrogen-bond acceptors (Lipinski definition) is 2. The van der Waals surface area contributed by atoms with Crippen LogP contribution in [-0.2, 0) is 0 Å². The van der Waals surface area contributed by atoms with Crippen LogP contribution < -0.4 is 5.56 Å². The number of halogens is 3. The first-order chi connectivity index (χ1) is 13.5. The molecule has 0 unspecified atom stereocenters. The van der Waals surface area contributed by atoms with E-state index in [1.54, 1.807) is 24.3 Å². The molecule has 0 spiro atoms. The van der Waals surface area contributed by atoms with Crippen LogP contribution in [0.15, 0.2) is 71.5 Å². The van der Waals surface area contributed by atoms with Crippen LogP contribution in [0.25, 0.3) is 28.7 Å². The van der Waals surface area contributed by atoms with E-state index in [1.807, 2.05) is 54.6 Å². The second kappa shape index (κ2) is 8.07. The highest BCUT2D eigenvalue weighted by atomic mass is 127. The van der Waals surface area contributed by atoms with Gasteiger partial charge in [0.05, 0.1) is 26.6 Å². The first-order valence-corrected chi connectivity index (χ1v) is 10.3. The number of aromatic nitrogens is 2. The third-order valence-corrected chi connectivity index (χ3v) is 5.52. The van der Waals surface area contributed by atoms with E-state index >= 15 is 0 Å². The number of hydrogen-bond donors (Lipinski definition) is 0. The zero-order valence-corrected chi connectivity index (χ0v) is 18.1. The second-order valence-corrected chi connectivity index (χ2v) is 8.15. The van der Waals surface area contributed by atoms with Gasteiger partial charge in [0.2, 0.25) is 0 Å². The lowest BCUT2D eigenvalue weighted by Crippen LogP contribution is -2.23. The van der Waals surface area contributed by atoms with Crippen molar-refractivity contribution in [2.45, 2.75) is 0 Å². The van der Waals surface area contributed by atoms with E-state index < -0.39 is 0 Å². The maximum Gasteiger partial charge on any atom is 0.266 e. The van der Waals surface area contributed by atoms with Gasteiger partial charge in [-0.05, 0) is 64.6 Å². The number of fused-ring (bicyclic) bond motifs is 1. The minimum Gasteiger partial charge on any atom is -0.268 e. The summed E-state index contributed by atoms with van der Waals surface area (Å²) in [7, 11) is 0. The van der Waals surface area contributed by atoms with Gasteiger partial charge in [-0.25, -0.2) is 4.98 Å². The highest BCUT2D eigenvalue weighted by Gasteiger charge is 2.16. The zero-order chi connectivity index (χ0) is 19.7. The van der Waals surface area contributed by atoms with Crippen molar-refractivity contribution in [2.75, 3.05) is 0 Å². The van der Waals surface area contributed by atoms with Crippen LogP contribution in [0.2, 0.25) is 10.0 Å². The predicted molar refractivity (Wildman–Crippen MR) is 125 cm³/mol. The molecule has 0 aliphatic rings. The fraction of sp³-hybridized carbons (Fsp3) is 0. The average molecular weight is 519 g/mol. The van der Waals surface area contributed by atoms with Gasteiger partial charge in [0, 0.05) is 3.57 Å². The Balaban J connectivity index is 2.04. The molecular weight excluding hydrogens is 506 g/mol. The van der Waals surface area contributed by atoms with Crippen molar-refractivity contribution >= 4 is 68.8 Å². The van der Waals surface area contributed by atoms with Crippen LogP contribution in [0.4, 0.5) is 0 Å². The van der Waals surface area contributed by atoms with Crippen molar-refractivity contribution in [3.05, 3.63) is 102 Å². The van der Waals surface area contributed by atoms with Gasteiger partial charge < -0.3 is 0 Å². The molecule has 0 saturated heterocycles. The van der Waals surface area contributed by atoms with Crippen LogP contribution in [0.3, 0.4) is 0 Å². The molecule has 0 N–H and O–H groups in total. The first kappa shape index (κ1) is 19.2. The monoisotopic (exact) mass is 518 g/mol. The van der Waals surface area contributed by atoms with Crippen molar-refractivity contribution in [3.63, 3.8) is 0 Å². The van der Waals surface area contributed by atoms with E-state index in [9.17, 15) is 4.79 Å². The van der Waals surface area contributed by atoms with Crippen molar-refractivity contribution in [1.82, 2.24) is 9.55 Å². The molecule has 0 saturated carbocycles. The molecule has 3 aromatic carbocycles. The van der Waals surface area contributed by atoms with Crippen molar-refractivity contribution in [3.8, 4) is 5.69 Å². The van der Waals surface area contributed by atoms with E-state index in [2.05, 4.69) is 22.6 Å². The molecule has 1 aromatic heterocycles. The molecule has 0 atom stereocenters. The molecule has 4 rings (SSSR count). The normalized spacial score (nSPS) is 11.4. The standard InChI is InChI=1S/C22H13Cl2IN2O/c23-17-7-4-8-18(24)21(17)27-20(12-9-14-5-2-1-3-6-14)26-19-11-10-15(25)13-16(19)22(27)28/h1-13H/b12-9+. The van der Waals surface area contributed by atoms with E-state index in [4.69, 9.17) is 28.2 Å². The third-order valence-electron chi connectivity index (χ3n) is 4.24. The van der Waals surface area contributed by atoms with Crippen LogP contribution in [0, 0.1) is 3.57 Å². The summed E-state index contributed by atoms with van der Waals surface area (Å²) >= 11 is 15.0. The van der Waals surface area contributed by atoms with Crippen LogP contribution in [0.5, 0.6) is 0 Å². The smallest absolute Gasteiger partial charge is 0.266 e. The lowest BCUT2D eigenvalue weighted by atomic mass is 10.2. The molecule has 6 heteroatoms. The van der Waals surface area contributed by atoms with E-state index in [0.717, 1.165) is 9.13 Å².